The predicted molar refractivity (Wildman–Crippen MR) is 70.2 cm³/mol. The van der Waals surface area contributed by atoms with Crippen LogP contribution in [0.3, 0.4) is 0 Å². The summed E-state index contributed by atoms with van der Waals surface area (Å²) in [6, 6.07) is 12.4. The number of anilines is 2. The smallest absolute Gasteiger partial charge is 0.0400 e. The van der Waals surface area contributed by atoms with Gasteiger partial charge in [0, 0.05) is 22.1 Å². The van der Waals surface area contributed by atoms with Crippen LogP contribution in [-0.2, 0) is 0 Å². The summed E-state index contributed by atoms with van der Waals surface area (Å²) in [6.45, 7) is 0. The van der Waals surface area contributed by atoms with Gasteiger partial charge in [-0.1, -0.05) is 12.1 Å². The Hall–Kier alpha value is -2.22. The van der Waals surface area contributed by atoms with E-state index >= 15 is 0 Å². The third-order valence-electron chi connectivity index (χ3n) is 3.47. The molecule has 0 spiro atoms. The minimum Gasteiger partial charge on any atom is -0.398 e. The summed E-state index contributed by atoms with van der Waals surface area (Å²) in [6.07, 6.45) is 0. The number of hydrogen-bond donors (Lipinski definition) is 2. The van der Waals surface area contributed by atoms with Crippen molar-refractivity contribution in [2.24, 2.45) is 0 Å². The lowest BCUT2D eigenvalue weighted by atomic mass is 9.88. The summed E-state index contributed by atoms with van der Waals surface area (Å²) in [5.41, 5.74) is 13.5. The lowest BCUT2D eigenvalue weighted by molar-refractivity contribution is 1.75. The molecule has 0 radical (unpaired) electrons. The van der Waals surface area contributed by atoms with Gasteiger partial charge in [0.1, 0.15) is 0 Å². The van der Waals surface area contributed by atoms with Gasteiger partial charge in [0.05, 0.1) is 0 Å². The molecule has 4 N–H and O–H groups in total. The van der Waals surface area contributed by atoms with E-state index in [0.29, 0.717) is 0 Å². The second-order valence-electron chi connectivity index (χ2n) is 4.35. The fourth-order valence-corrected chi connectivity index (χ4v) is 2.62. The molecule has 0 amide bonds. The Kier molecular flexibility index (Phi) is 1.15. The molecule has 0 aliphatic carbocycles. The van der Waals surface area contributed by atoms with Crippen LogP contribution in [-0.4, -0.2) is 0 Å². The molecule has 0 aliphatic heterocycles. The van der Waals surface area contributed by atoms with Crippen LogP contribution in [0.25, 0.3) is 32.3 Å². The summed E-state index contributed by atoms with van der Waals surface area (Å²) >= 11 is 0. The third-order valence-corrected chi connectivity index (χ3v) is 3.47. The second kappa shape index (κ2) is 2.30. The highest BCUT2D eigenvalue weighted by Gasteiger charge is 2.14. The zero-order chi connectivity index (χ0) is 10.9. The first-order valence-electron chi connectivity index (χ1n) is 5.30. The van der Waals surface area contributed by atoms with Gasteiger partial charge in [-0.05, 0) is 45.8 Å². The summed E-state index contributed by atoms with van der Waals surface area (Å²) in [5, 5.41) is 7.38. The molecular weight excluding hydrogens is 196 g/mol. The quantitative estimate of drug-likeness (QED) is 0.434. The van der Waals surface area contributed by atoms with Gasteiger partial charge < -0.3 is 11.5 Å². The molecule has 2 heteroatoms. The van der Waals surface area contributed by atoms with Gasteiger partial charge in [-0.3, -0.25) is 0 Å². The Bertz CT molecular complexity index is 817. The van der Waals surface area contributed by atoms with Crippen molar-refractivity contribution in [1.29, 1.82) is 0 Å². The van der Waals surface area contributed by atoms with Gasteiger partial charge in [0.2, 0.25) is 0 Å². The van der Waals surface area contributed by atoms with E-state index < -0.39 is 0 Å². The van der Waals surface area contributed by atoms with Crippen LogP contribution in [0.1, 0.15) is 0 Å². The maximum Gasteiger partial charge on any atom is 0.0400 e. The van der Waals surface area contributed by atoms with Gasteiger partial charge >= 0.3 is 0 Å². The minimum atomic E-state index is 0.862. The number of fused-ring (bicyclic) bond motifs is 5. The molecule has 0 heterocycles. The molecule has 0 atom stereocenters. The Labute approximate surface area is 92.1 Å². The summed E-state index contributed by atoms with van der Waals surface area (Å²) in [7, 11) is 0. The van der Waals surface area contributed by atoms with Crippen molar-refractivity contribution in [2.75, 3.05) is 11.5 Å². The third kappa shape index (κ3) is 0.714. The van der Waals surface area contributed by atoms with Crippen molar-refractivity contribution in [2.45, 2.75) is 0 Å². The van der Waals surface area contributed by atoms with Crippen molar-refractivity contribution in [3.8, 4) is 0 Å². The fraction of sp³-hybridized carbons (Fsp3) is 0. The van der Waals surface area contributed by atoms with Gasteiger partial charge in [-0.2, -0.15) is 0 Å². The molecule has 0 fully saturated rings. The largest absolute Gasteiger partial charge is 0.398 e. The Morgan fingerprint density at radius 3 is 2.38 bits per heavy atom. The number of nitrogens with two attached hydrogens (primary N) is 2. The second-order valence-corrected chi connectivity index (χ2v) is 4.35. The maximum atomic E-state index is 5.98. The lowest BCUT2D eigenvalue weighted by Gasteiger charge is -2.17. The van der Waals surface area contributed by atoms with Crippen LogP contribution >= 0.6 is 0 Å². The predicted octanol–water partition coefficient (Wildman–Crippen LogP) is 3.19. The Balaban J connectivity index is 2.24. The topological polar surface area (TPSA) is 52.0 Å². The van der Waals surface area contributed by atoms with Crippen LogP contribution in [0.2, 0.25) is 0 Å². The fourth-order valence-electron chi connectivity index (χ4n) is 2.62. The standard InChI is InChI=1S/C14H10N2/c15-12-3-1-2-8-10-6-9-7(5-13(9)16)4-11(10)14(8)12/h1-6H,15-16H2. The highest BCUT2D eigenvalue weighted by atomic mass is 14.6. The average molecular weight is 206 g/mol. The van der Waals surface area contributed by atoms with Gasteiger partial charge in [0.25, 0.3) is 0 Å². The van der Waals surface area contributed by atoms with Crippen LogP contribution in [0.15, 0.2) is 36.4 Å². The highest BCUT2D eigenvalue weighted by Crippen LogP contribution is 2.43. The van der Waals surface area contributed by atoms with Crippen LogP contribution in [0, 0.1) is 0 Å². The Morgan fingerprint density at radius 1 is 0.688 bits per heavy atom. The molecule has 0 saturated heterocycles. The first kappa shape index (κ1) is 7.99. The van der Waals surface area contributed by atoms with Crippen molar-refractivity contribution in [3.05, 3.63) is 36.4 Å². The zero-order valence-electron chi connectivity index (χ0n) is 8.62. The molecular formula is C14H10N2. The van der Waals surface area contributed by atoms with Crippen LogP contribution in [0.4, 0.5) is 11.4 Å². The molecule has 0 aliphatic rings. The molecule has 4 aromatic rings. The van der Waals surface area contributed by atoms with E-state index in [1.165, 1.54) is 32.3 Å². The molecule has 4 rings (SSSR count). The average Bonchev–Trinajstić information content (AvgIpc) is 2.24. The zero-order valence-corrected chi connectivity index (χ0v) is 8.62. The molecule has 76 valence electrons. The van der Waals surface area contributed by atoms with Crippen molar-refractivity contribution < 1.29 is 0 Å². The van der Waals surface area contributed by atoms with Crippen LogP contribution < -0.4 is 11.5 Å². The molecule has 4 aromatic carbocycles. The summed E-state index contributed by atoms with van der Waals surface area (Å²) in [4.78, 5) is 0. The maximum absolute atomic E-state index is 5.98. The van der Waals surface area contributed by atoms with E-state index in [0.717, 1.165) is 11.4 Å². The van der Waals surface area contributed by atoms with Crippen molar-refractivity contribution in [3.63, 3.8) is 0 Å². The van der Waals surface area contributed by atoms with E-state index in [2.05, 4.69) is 18.2 Å². The van der Waals surface area contributed by atoms with Crippen LogP contribution in [0.5, 0.6) is 0 Å². The van der Waals surface area contributed by atoms with E-state index in [9.17, 15) is 0 Å². The monoisotopic (exact) mass is 206 g/mol. The first-order valence-corrected chi connectivity index (χ1v) is 5.30. The van der Waals surface area contributed by atoms with Gasteiger partial charge in [-0.25, -0.2) is 0 Å². The van der Waals surface area contributed by atoms with Crippen molar-refractivity contribution in [1.82, 2.24) is 0 Å². The first-order chi connectivity index (χ1) is 7.75. The molecule has 0 bridgehead atoms. The van der Waals surface area contributed by atoms with E-state index in [1.807, 2.05) is 18.2 Å². The minimum absolute atomic E-state index is 0.862. The number of nitrogen functional groups attached to an aromatic ring is 2. The van der Waals surface area contributed by atoms with Gasteiger partial charge in [-0.15, -0.1) is 0 Å². The van der Waals surface area contributed by atoms with E-state index in [4.69, 9.17) is 11.5 Å². The molecule has 0 unspecified atom stereocenters. The lowest BCUT2D eigenvalue weighted by Crippen LogP contribution is -1.95. The Morgan fingerprint density at radius 2 is 1.56 bits per heavy atom. The highest BCUT2D eigenvalue weighted by molar-refractivity contribution is 6.32. The van der Waals surface area contributed by atoms with Crippen molar-refractivity contribution >= 4 is 43.7 Å². The van der Waals surface area contributed by atoms with E-state index in [1.54, 1.807) is 0 Å². The van der Waals surface area contributed by atoms with Gasteiger partial charge in [0.15, 0.2) is 0 Å². The number of hydrogen-bond acceptors (Lipinski definition) is 2. The van der Waals surface area contributed by atoms with E-state index in [-0.39, 0.29) is 0 Å². The normalized spacial score (nSPS) is 12.2. The SMILES string of the molecule is Nc1cc2cc3c(cc12)c1cccc(N)c13. The molecule has 0 saturated carbocycles. The summed E-state index contributed by atoms with van der Waals surface area (Å²) in [5.74, 6) is 0. The number of benzene rings is 2. The summed E-state index contributed by atoms with van der Waals surface area (Å²) < 4.78 is 0. The molecule has 2 nitrogen and oxygen atoms in total. The number of rotatable bonds is 0. The molecule has 0 aromatic heterocycles. The molecule has 16 heavy (non-hydrogen) atoms.